The van der Waals surface area contributed by atoms with Gasteiger partial charge >= 0.3 is 6.03 Å². The molecule has 0 aliphatic carbocycles. The number of nitrogens with one attached hydrogen (secondary N) is 2. The van der Waals surface area contributed by atoms with Crippen molar-refractivity contribution in [3.8, 4) is 0 Å². The molecule has 22 heavy (non-hydrogen) atoms. The first-order valence-corrected chi connectivity index (χ1v) is 7.23. The number of amides is 3. The van der Waals surface area contributed by atoms with Crippen LogP contribution in [0.4, 0.5) is 10.5 Å². The molecule has 0 spiro atoms. The van der Waals surface area contributed by atoms with Gasteiger partial charge < -0.3 is 21.3 Å². The Kier molecular flexibility index (Phi) is 7.14. The van der Waals surface area contributed by atoms with Crippen molar-refractivity contribution in [2.45, 2.75) is 31.8 Å². The first-order valence-electron chi connectivity index (χ1n) is 7.23. The van der Waals surface area contributed by atoms with Crippen LogP contribution < -0.4 is 16.4 Å². The number of rotatable bonds is 3. The molecule has 1 heterocycles. The van der Waals surface area contributed by atoms with Crippen molar-refractivity contribution in [2.75, 3.05) is 18.4 Å². The van der Waals surface area contributed by atoms with Gasteiger partial charge in [-0.15, -0.1) is 12.4 Å². The Hall–Kier alpha value is -1.79. The summed E-state index contributed by atoms with van der Waals surface area (Å²) in [5.74, 6) is -0.0258. The second kappa shape index (κ2) is 8.60. The van der Waals surface area contributed by atoms with E-state index in [4.69, 9.17) is 5.73 Å². The smallest absolute Gasteiger partial charge is 0.319 e. The third-order valence-corrected chi connectivity index (χ3v) is 3.56. The lowest BCUT2D eigenvalue weighted by atomic mass is 10.0. The second-order valence-electron chi connectivity index (χ2n) is 5.35. The van der Waals surface area contributed by atoms with Gasteiger partial charge in [0.2, 0.25) is 5.91 Å². The molecule has 6 nitrogen and oxygen atoms in total. The normalized spacial score (nSPS) is 16.4. The molecule has 0 saturated carbocycles. The number of anilines is 1. The van der Waals surface area contributed by atoms with Crippen LogP contribution in [0.5, 0.6) is 0 Å². The van der Waals surface area contributed by atoms with E-state index in [2.05, 4.69) is 10.6 Å². The van der Waals surface area contributed by atoms with E-state index in [1.807, 2.05) is 30.3 Å². The summed E-state index contributed by atoms with van der Waals surface area (Å²) in [6, 6.07) is 8.72. The van der Waals surface area contributed by atoms with Crippen LogP contribution in [0.2, 0.25) is 0 Å². The summed E-state index contributed by atoms with van der Waals surface area (Å²) in [7, 11) is 0. The van der Waals surface area contributed by atoms with Gasteiger partial charge in [0, 0.05) is 24.8 Å². The van der Waals surface area contributed by atoms with Gasteiger partial charge in [-0.3, -0.25) is 4.79 Å². The number of nitrogens with two attached hydrogens (primary N) is 1. The SMILES string of the molecule is C[C@@H](N)C(=O)N1CCC(NC(=O)Nc2ccccc2)CC1.Cl. The minimum Gasteiger partial charge on any atom is -0.341 e. The topological polar surface area (TPSA) is 87.5 Å². The Morgan fingerprint density at radius 3 is 2.36 bits per heavy atom. The Balaban J connectivity index is 0.00000242. The number of carbonyl (C=O) groups is 2. The maximum atomic E-state index is 11.9. The number of urea groups is 1. The molecule has 7 heteroatoms. The minimum absolute atomic E-state index is 0. The molecule has 1 aromatic rings. The Morgan fingerprint density at radius 1 is 1.23 bits per heavy atom. The number of para-hydroxylation sites is 1. The van der Waals surface area contributed by atoms with Crippen molar-refractivity contribution in [3.63, 3.8) is 0 Å². The maximum Gasteiger partial charge on any atom is 0.319 e. The van der Waals surface area contributed by atoms with E-state index in [9.17, 15) is 9.59 Å². The lowest BCUT2D eigenvalue weighted by Gasteiger charge is -2.33. The molecule has 1 aliphatic heterocycles. The highest BCUT2D eigenvalue weighted by Gasteiger charge is 2.25. The standard InChI is InChI=1S/C15H22N4O2.ClH/c1-11(16)14(20)19-9-7-13(8-10-19)18-15(21)17-12-5-3-2-4-6-12;/h2-6,11,13H,7-10,16H2,1H3,(H2,17,18,21);1H/t11-;/m1./s1. The number of likely N-dealkylation sites (tertiary alicyclic amines) is 1. The fraction of sp³-hybridized carbons (Fsp3) is 0.467. The quantitative estimate of drug-likeness (QED) is 0.788. The number of piperidine rings is 1. The highest BCUT2D eigenvalue weighted by Crippen LogP contribution is 2.12. The van der Waals surface area contributed by atoms with Crippen LogP contribution in [0, 0.1) is 0 Å². The van der Waals surface area contributed by atoms with Crippen molar-refractivity contribution in [1.29, 1.82) is 0 Å². The third kappa shape index (κ3) is 5.20. The van der Waals surface area contributed by atoms with E-state index < -0.39 is 6.04 Å². The monoisotopic (exact) mass is 326 g/mol. The highest BCUT2D eigenvalue weighted by atomic mass is 35.5. The van der Waals surface area contributed by atoms with Gasteiger partial charge in [-0.05, 0) is 31.9 Å². The molecular formula is C15H23ClN4O2. The molecule has 1 aliphatic rings. The van der Waals surface area contributed by atoms with Crippen molar-refractivity contribution in [1.82, 2.24) is 10.2 Å². The largest absolute Gasteiger partial charge is 0.341 e. The molecule has 0 bridgehead atoms. The average Bonchev–Trinajstić information content (AvgIpc) is 2.48. The summed E-state index contributed by atoms with van der Waals surface area (Å²) in [6.07, 6.45) is 1.50. The molecule has 1 aromatic carbocycles. The molecule has 3 amide bonds. The minimum atomic E-state index is -0.462. The van der Waals surface area contributed by atoms with Crippen LogP contribution >= 0.6 is 12.4 Å². The number of hydrogen-bond acceptors (Lipinski definition) is 3. The van der Waals surface area contributed by atoms with Crippen molar-refractivity contribution < 1.29 is 9.59 Å². The maximum absolute atomic E-state index is 11.9. The Bertz CT molecular complexity index is 488. The molecule has 0 aromatic heterocycles. The van der Waals surface area contributed by atoms with E-state index in [1.54, 1.807) is 11.8 Å². The molecule has 4 N–H and O–H groups in total. The number of halogens is 1. The van der Waals surface area contributed by atoms with Crippen LogP contribution in [0.1, 0.15) is 19.8 Å². The van der Waals surface area contributed by atoms with Crippen molar-refractivity contribution in [3.05, 3.63) is 30.3 Å². The van der Waals surface area contributed by atoms with Crippen LogP contribution in [0.3, 0.4) is 0 Å². The summed E-state index contributed by atoms with van der Waals surface area (Å²) < 4.78 is 0. The lowest BCUT2D eigenvalue weighted by molar-refractivity contribution is -0.133. The summed E-state index contributed by atoms with van der Waals surface area (Å²) in [5.41, 5.74) is 6.36. The van der Waals surface area contributed by atoms with Gasteiger partial charge in [0.25, 0.3) is 0 Å². The Morgan fingerprint density at radius 2 is 1.82 bits per heavy atom. The van der Waals surface area contributed by atoms with Gasteiger partial charge in [0.15, 0.2) is 0 Å². The summed E-state index contributed by atoms with van der Waals surface area (Å²) in [5, 5.41) is 5.73. The van der Waals surface area contributed by atoms with Gasteiger partial charge in [-0.25, -0.2) is 4.79 Å². The Labute approximate surface area is 136 Å². The molecule has 122 valence electrons. The molecule has 1 fully saturated rings. The summed E-state index contributed by atoms with van der Waals surface area (Å²) >= 11 is 0. The lowest BCUT2D eigenvalue weighted by Crippen LogP contribution is -2.50. The van der Waals surface area contributed by atoms with Gasteiger partial charge in [-0.1, -0.05) is 18.2 Å². The van der Waals surface area contributed by atoms with Crippen LogP contribution in [0.15, 0.2) is 30.3 Å². The molecule has 1 saturated heterocycles. The second-order valence-corrected chi connectivity index (χ2v) is 5.35. The number of nitrogens with zero attached hydrogens (tertiary/aromatic N) is 1. The molecule has 0 radical (unpaired) electrons. The molecule has 0 unspecified atom stereocenters. The van der Waals surface area contributed by atoms with Crippen LogP contribution in [-0.4, -0.2) is 42.0 Å². The van der Waals surface area contributed by atoms with E-state index in [1.165, 1.54) is 0 Å². The molecule has 1 atom stereocenters. The van der Waals surface area contributed by atoms with E-state index in [-0.39, 0.29) is 30.4 Å². The summed E-state index contributed by atoms with van der Waals surface area (Å²) in [4.78, 5) is 25.4. The van der Waals surface area contributed by atoms with E-state index >= 15 is 0 Å². The van der Waals surface area contributed by atoms with Gasteiger partial charge in [-0.2, -0.15) is 0 Å². The first-order chi connectivity index (χ1) is 10.1. The van der Waals surface area contributed by atoms with Crippen molar-refractivity contribution in [2.24, 2.45) is 5.73 Å². The van der Waals surface area contributed by atoms with Crippen LogP contribution in [-0.2, 0) is 4.79 Å². The zero-order chi connectivity index (χ0) is 15.2. The first kappa shape index (κ1) is 18.3. The number of hydrogen-bond donors (Lipinski definition) is 3. The number of benzene rings is 1. The van der Waals surface area contributed by atoms with Gasteiger partial charge in [0.05, 0.1) is 6.04 Å². The van der Waals surface area contributed by atoms with E-state index in [0.29, 0.717) is 13.1 Å². The fourth-order valence-corrected chi connectivity index (χ4v) is 2.41. The predicted octanol–water partition coefficient (Wildman–Crippen LogP) is 1.57. The average molecular weight is 327 g/mol. The summed E-state index contributed by atoms with van der Waals surface area (Å²) in [6.45, 7) is 2.97. The molecule has 2 rings (SSSR count). The van der Waals surface area contributed by atoms with Crippen LogP contribution in [0.25, 0.3) is 0 Å². The third-order valence-electron chi connectivity index (χ3n) is 3.56. The fourth-order valence-electron chi connectivity index (χ4n) is 2.41. The highest BCUT2D eigenvalue weighted by molar-refractivity contribution is 5.89. The van der Waals surface area contributed by atoms with E-state index in [0.717, 1.165) is 18.5 Å². The zero-order valence-corrected chi connectivity index (χ0v) is 13.4. The van der Waals surface area contributed by atoms with Crippen molar-refractivity contribution >= 4 is 30.0 Å². The van der Waals surface area contributed by atoms with Gasteiger partial charge in [0.1, 0.15) is 0 Å². The molecular weight excluding hydrogens is 304 g/mol. The zero-order valence-electron chi connectivity index (χ0n) is 12.6. The predicted molar refractivity (Wildman–Crippen MR) is 89.1 cm³/mol. The number of carbonyl (C=O) groups excluding carboxylic acids is 2.